The number of ether oxygens (including phenoxy) is 4. The van der Waals surface area contributed by atoms with E-state index in [0.29, 0.717) is 37.0 Å². The minimum atomic E-state index is -0.145. The summed E-state index contributed by atoms with van der Waals surface area (Å²) in [6.07, 6.45) is 5.05. The van der Waals surface area contributed by atoms with Crippen molar-refractivity contribution in [2.24, 2.45) is 0 Å². The molecule has 0 atom stereocenters. The summed E-state index contributed by atoms with van der Waals surface area (Å²) in [5, 5.41) is 3.07. The molecule has 1 aliphatic rings. The van der Waals surface area contributed by atoms with Gasteiger partial charge in [0.1, 0.15) is 0 Å². The molecule has 2 aromatic carbocycles. The maximum atomic E-state index is 12.6. The second-order valence-corrected chi connectivity index (χ2v) is 8.76. The molecule has 1 N–H and O–H groups in total. The van der Waals surface area contributed by atoms with Gasteiger partial charge >= 0.3 is 0 Å². The lowest BCUT2D eigenvalue weighted by molar-refractivity contribution is -0.116. The molecule has 0 spiro atoms. The van der Waals surface area contributed by atoms with E-state index in [4.69, 9.17) is 18.9 Å². The van der Waals surface area contributed by atoms with Crippen LogP contribution >= 0.6 is 11.8 Å². The van der Waals surface area contributed by atoms with E-state index in [9.17, 15) is 4.79 Å². The number of benzene rings is 2. The first-order chi connectivity index (χ1) is 15.1. The molecule has 1 saturated heterocycles. The van der Waals surface area contributed by atoms with Crippen LogP contribution in [-0.4, -0.2) is 51.7 Å². The molecule has 0 saturated carbocycles. The summed E-state index contributed by atoms with van der Waals surface area (Å²) in [4.78, 5) is 13.8. The number of carbonyl (C=O) groups excluding carboxylic acids is 1. The SMILES string of the molecule is COc1cc(C=CC(=O)NCC2(Sc3ccccc3)CCOCC2)cc(OC)c1OC. The van der Waals surface area contributed by atoms with Crippen molar-refractivity contribution in [1.82, 2.24) is 5.32 Å². The predicted molar refractivity (Wildman–Crippen MR) is 123 cm³/mol. The molecule has 0 unspecified atom stereocenters. The Hall–Kier alpha value is -2.64. The molecule has 1 amide bonds. The van der Waals surface area contributed by atoms with Crippen molar-refractivity contribution in [3.8, 4) is 17.2 Å². The van der Waals surface area contributed by atoms with Gasteiger partial charge in [0, 0.05) is 35.5 Å². The fraction of sp³-hybridized carbons (Fsp3) is 0.375. The zero-order valence-electron chi connectivity index (χ0n) is 18.2. The predicted octanol–water partition coefficient (Wildman–Crippen LogP) is 4.18. The summed E-state index contributed by atoms with van der Waals surface area (Å²) >= 11 is 1.82. The van der Waals surface area contributed by atoms with E-state index in [2.05, 4.69) is 17.4 Å². The minimum Gasteiger partial charge on any atom is -0.493 e. The molecule has 7 heteroatoms. The summed E-state index contributed by atoms with van der Waals surface area (Å²) in [5.41, 5.74) is 0.782. The first-order valence-electron chi connectivity index (χ1n) is 10.2. The van der Waals surface area contributed by atoms with E-state index in [1.54, 1.807) is 39.5 Å². The normalized spacial score (nSPS) is 15.5. The van der Waals surface area contributed by atoms with Crippen LogP contribution in [0.4, 0.5) is 0 Å². The van der Waals surface area contributed by atoms with Gasteiger partial charge in [-0.25, -0.2) is 0 Å². The molecular formula is C24H29NO5S. The summed E-state index contributed by atoms with van der Waals surface area (Å²) < 4.78 is 21.6. The highest BCUT2D eigenvalue weighted by Crippen LogP contribution is 2.40. The number of amides is 1. The first-order valence-corrected chi connectivity index (χ1v) is 11.0. The Bertz CT molecular complexity index is 869. The van der Waals surface area contributed by atoms with Crippen molar-refractivity contribution in [3.63, 3.8) is 0 Å². The summed E-state index contributed by atoms with van der Waals surface area (Å²) in [6.45, 7) is 1.99. The average molecular weight is 444 g/mol. The number of carbonyl (C=O) groups is 1. The molecule has 1 aliphatic heterocycles. The number of rotatable bonds is 9. The lowest BCUT2D eigenvalue weighted by atomic mass is 9.99. The highest BCUT2D eigenvalue weighted by molar-refractivity contribution is 8.00. The molecule has 1 fully saturated rings. The lowest BCUT2D eigenvalue weighted by Gasteiger charge is -2.36. The molecule has 0 aromatic heterocycles. The Labute approximate surface area is 187 Å². The number of hydrogen-bond acceptors (Lipinski definition) is 6. The molecule has 2 aromatic rings. The highest BCUT2D eigenvalue weighted by Gasteiger charge is 2.34. The number of nitrogens with one attached hydrogen (secondary N) is 1. The molecule has 166 valence electrons. The van der Waals surface area contributed by atoms with Crippen LogP contribution in [0.3, 0.4) is 0 Å². The molecule has 0 aliphatic carbocycles. The van der Waals surface area contributed by atoms with E-state index in [0.717, 1.165) is 18.4 Å². The summed E-state index contributed by atoms with van der Waals surface area (Å²) in [5.74, 6) is 1.46. The van der Waals surface area contributed by atoms with Gasteiger partial charge in [-0.3, -0.25) is 4.79 Å². The van der Waals surface area contributed by atoms with E-state index in [-0.39, 0.29) is 10.7 Å². The highest BCUT2D eigenvalue weighted by atomic mass is 32.2. The second-order valence-electron chi connectivity index (χ2n) is 7.22. The van der Waals surface area contributed by atoms with Crippen LogP contribution < -0.4 is 19.5 Å². The van der Waals surface area contributed by atoms with Gasteiger partial charge < -0.3 is 24.3 Å². The first kappa shape index (κ1) is 23.0. The fourth-order valence-electron chi connectivity index (χ4n) is 3.47. The Morgan fingerprint density at radius 1 is 1.06 bits per heavy atom. The van der Waals surface area contributed by atoms with Gasteiger partial charge in [0.25, 0.3) is 0 Å². The lowest BCUT2D eigenvalue weighted by Crippen LogP contribution is -2.44. The van der Waals surface area contributed by atoms with E-state index in [1.165, 1.54) is 11.0 Å². The van der Waals surface area contributed by atoms with Crippen LogP contribution in [0.2, 0.25) is 0 Å². The third-order valence-corrected chi connectivity index (χ3v) is 6.67. The third kappa shape index (κ3) is 6.18. The maximum Gasteiger partial charge on any atom is 0.244 e. The van der Waals surface area contributed by atoms with E-state index < -0.39 is 0 Å². The van der Waals surface area contributed by atoms with Crippen molar-refractivity contribution in [1.29, 1.82) is 0 Å². The maximum absolute atomic E-state index is 12.6. The number of thioether (sulfide) groups is 1. The molecule has 6 nitrogen and oxygen atoms in total. The second kappa shape index (κ2) is 11.1. The van der Waals surface area contributed by atoms with Crippen molar-refractivity contribution < 1.29 is 23.7 Å². The molecular weight excluding hydrogens is 414 g/mol. The Kier molecular flexibility index (Phi) is 8.26. The van der Waals surface area contributed by atoms with Gasteiger partial charge in [0.05, 0.1) is 21.3 Å². The third-order valence-electron chi connectivity index (χ3n) is 5.18. The van der Waals surface area contributed by atoms with Crippen LogP contribution in [0.5, 0.6) is 17.2 Å². The fourth-order valence-corrected chi connectivity index (χ4v) is 4.78. The van der Waals surface area contributed by atoms with Crippen LogP contribution in [0.15, 0.2) is 53.4 Å². The summed E-state index contributed by atoms with van der Waals surface area (Å²) in [7, 11) is 4.69. The van der Waals surface area contributed by atoms with Crippen LogP contribution in [0.1, 0.15) is 18.4 Å². The van der Waals surface area contributed by atoms with E-state index in [1.807, 2.05) is 30.0 Å². The van der Waals surface area contributed by atoms with Crippen LogP contribution in [0, 0.1) is 0 Å². The van der Waals surface area contributed by atoms with Gasteiger partial charge in [-0.2, -0.15) is 0 Å². The monoisotopic (exact) mass is 443 g/mol. The number of hydrogen-bond donors (Lipinski definition) is 1. The largest absolute Gasteiger partial charge is 0.493 e. The Morgan fingerprint density at radius 3 is 2.29 bits per heavy atom. The van der Waals surface area contributed by atoms with Gasteiger partial charge in [-0.05, 0) is 48.7 Å². The summed E-state index contributed by atoms with van der Waals surface area (Å²) in [6, 6.07) is 13.9. The van der Waals surface area contributed by atoms with Crippen LogP contribution in [0.25, 0.3) is 6.08 Å². The minimum absolute atomic E-state index is 0.0738. The Morgan fingerprint density at radius 2 is 1.71 bits per heavy atom. The zero-order chi connectivity index (χ0) is 22.1. The molecule has 0 bridgehead atoms. The van der Waals surface area contributed by atoms with Crippen molar-refractivity contribution in [2.75, 3.05) is 41.1 Å². The van der Waals surface area contributed by atoms with Crippen LogP contribution in [-0.2, 0) is 9.53 Å². The van der Waals surface area contributed by atoms with Gasteiger partial charge in [-0.1, -0.05) is 18.2 Å². The molecule has 3 rings (SSSR count). The molecule has 0 radical (unpaired) electrons. The molecule has 1 heterocycles. The standard InChI is InChI=1S/C24H29NO5S/c1-27-20-15-18(16-21(28-2)23(20)29-3)9-10-22(26)25-17-24(11-13-30-14-12-24)31-19-7-5-4-6-8-19/h4-10,15-16H,11-14,17H2,1-3H3,(H,25,26). The zero-order valence-corrected chi connectivity index (χ0v) is 19.0. The van der Waals surface area contributed by atoms with Crippen molar-refractivity contribution in [3.05, 3.63) is 54.1 Å². The van der Waals surface area contributed by atoms with Gasteiger partial charge in [0.2, 0.25) is 11.7 Å². The van der Waals surface area contributed by atoms with Gasteiger partial charge in [-0.15, -0.1) is 11.8 Å². The van der Waals surface area contributed by atoms with Crippen molar-refractivity contribution >= 4 is 23.7 Å². The van der Waals surface area contributed by atoms with Gasteiger partial charge in [0.15, 0.2) is 11.5 Å². The smallest absolute Gasteiger partial charge is 0.244 e. The topological polar surface area (TPSA) is 66.0 Å². The average Bonchev–Trinajstić information content (AvgIpc) is 2.82. The number of methoxy groups -OCH3 is 3. The Balaban J connectivity index is 1.67. The molecule has 31 heavy (non-hydrogen) atoms. The van der Waals surface area contributed by atoms with E-state index >= 15 is 0 Å². The quantitative estimate of drug-likeness (QED) is 0.587. The van der Waals surface area contributed by atoms with Crippen molar-refractivity contribution in [2.45, 2.75) is 22.5 Å².